The van der Waals surface area contributed by atoms with Crippen molar-refractivity contribution < 1.29 is 26.3 Å². The first kappa shape index (κ1) is 18.0. The molecule has 0 aliphatic carbocycles. The molecule has 1 aliphatic rings. The number of nitrogen functional groups attached to an aromatic ring is 1. The van der Waals surface area contributed by atoms with E-state index < -0.39 is 29.5 Å². The van der Waals surface area contributed by atoms with E-state index in [9.17, 15) is 26.3 Å². The van der Waals surface area contributed by atoms with E-state index in [1.807, 2.05) is 0 Å². The lowest BCUT2D eigenvalue weighted by Gasteiger charge is -2.24. The number of thiazole rings is 1. The van der Waals surface area contributed by atoms with Crippen molar-refractivity contribution in [1.29, 1.82) is 0 Å². The molecule has 2 aromatic rings. The molecular weight excluding hydrogens is 368 g/mol. The summed E-state index contributed by atoms with van der Waals surface area (Å²) >= 11 is 1.20. The highest BCUT2D eigenvalue weighted by Crippen LogP contribution is 2.38. The molecule has 1 aromatic carbocycles. The fourth-order valence-electron chi connectivity index (χ4n) is 2.83. The highest BCUT2D eigenvalue weighted by atomic mass is 32.1. The maximum absolute atomic E-state index is 12.9. The van der Waals surface area contributed by atoms with Gasteiger partial charge < -0.3 is 11.1 Å². The fourth-order valence-corrected chi connectivity index (χ4v) is 3.78. The summed E-state index contributed by atoms with van der Waals surface area (Å²) < 4.78 is 77.7. The zero-order valence-electron chi connectivity index (χ0n) is 12.6. The average molecular weight is 381 g/mol. The van der Waals surface area contributed by atoms with Crippen LogP contribution >= 0.6 is 11.3 Å². The van der Waals surface area contributed by atoms with Crippen molar-refractivity contribution in [3.63, 3.8) is 0 Å². The van der Waals surface area contributed by atoms with E-state index in [1.54, 1.807) is 0 Å². The van der Waals surface area contributed by atoms with Crippen molar-refractivity contribution >= 4 is 16.5 Å². The summed E-state index contributed by atoms with van der Waals surface area (Å²) in [5, 5.41) is 3.44. The minimum atomic E-state index is -4.85. The summed E-state index contributed by atoms with van der Waals surface area (Å²) in [6.07, 6.45) is -9.09. The van der Waals surface area contributed by atoms with E-state index in [2.05, 4.69) is 10.3 Å². The predicted octanol–water partition coefficient (Wildman–Crippen LogP) is 4.19. The number of nitrogens with two attached hydrogens (primary N) is 1. The van der Waals surface area contributed by atoms with Crippen molar-refractivity contribution in [2.75, 3.05) is 12.3 Å². The molecule has 0 saturated heterocycles. The number of hydrogen-bond acceptors (Lipinski definition) is 4. The van der Waals surface area contributed by atoms with Crippen molar-refractivity contribution in [1.82, 2.24) is 10.3 Å². The number of hydrogen-bond donors (Lipinski definition) is 2. The SMILES string of the molecule is Nc1nc2c(s1)C(Cc1cc(C(F)(F)F)cc(C(F)(F)F)c1)NCC2. The Labute approximate surface area is 142 Å². The van der Waals surface area contributed by atoms with E-state index in [0.717, 1.165) is 22.7 Å². The molecular formula is C15H13F6N3S. The molecule has 3 nitrogen and oxygen atoms in total. The van der Waals surface area contributed by atoms with Gasteiger partial charge in [0.25, 0.3) is 0 Å². The predicted molar refractivity (Wildman–Crippen MR) is 81.1 cm³/mol. The maximum Gasteiger partial charge on any atom is 0.416 e. The first-order chi connectivity index (χ1) is 11.5. The van der Waals surface area contributed by atoms with Crippen molar-refractivity contribution in [3.05, 3.63) is 45.5 Å². The second-order valence-corrected chi connectivity index (χ2v) is 6.80. The minimum Gasteiger partial charge on any atom is -0.375 e. The maximum atomic E-state index is 12.9. The second kappa shape index (κ2) is 6.17. The molecule has 2 heterocycles. The van der Waals surface area contributed by atoms with Gasteiger partial charge in [0.15, 0.2) is 5.13 Å². The van der Waals surface area contributed by atoms with Gasteiger partial charge in [-0.05, 0) is 30.2 Å². The van der Waals surface area contributed by atoms with Crippen LogP contribution in [-0.4, -0.2) is 11.5 Å². The summed E-state index contributed by atoms with van der Waals surface area (Å²) in [6.45, 7) is 0.534. The minimum absolute atomic E-state index is 0.0123. The van der Waals surface area contributed by atoms with Gasteiger partial charge in [-0.3, -0.25) is 0 Å². The van der Waals surface area contributed by atoms with Crippen molar-refractivity contribution in [2.45, 2.75) is 31.2 Å². The number of alkyl halides is 6. The fraction of sp³-hybridized carbons (Fsp3) is 0.400. The highest BCUT2D eigenvalue weighted by Gasteiger charge is 2.37. The number of nitrogens with one attached hydrogen (secondary N) is 1. The molecule has 25 heavy (non-hydrogen) atoms. The quantitative estimate of drug-likeness (QED) is 0.767. The Balaban J connectivity index is 1.97. The number of anilines is 1. The van der Waals surface area contributed by atoms with E-state index in [1.165, 1.54) is 11.3 Å². The lowest BCUT2D eigenvalue weighted by Crippen LogP contribution is -2.30. The number of fused-ring (bicyclic) bond motifs is 1. The molecule has 3 rings (SSSR count). The van der Waals surface area contributed by atoms with Crippen LogP contribution in [0.15, 0.2) is 18.2 Å². The topological polar surface area (TPSA) is 50.9 Å². The van der Waals surface area contributed by atoms with Gasteiger partial charge in [0.1, 0.15) is 0 Å². The van der Waals surface area contributed by atoms with E-state index in [0.29, 0.717) is 18.1 Å². The summed E-state index contributed by atoms with van der Waals surface area (Å²) in [5.41, 5.74) is 3.74. The first-order valence-electron chi connectivity index (χ1n) is 7.31. The molecule has 0 fully saturated rings. The van der Waals surface area contributed by atoms with Crippen LogP contribution in [0.1, 0.15) is 33.3 Å². The lowest BCUT2D eigenvalue weighted by atomic mass is 9.96. The van der Waals surface area contributed by atoms with Gasteiger partial charge in [-0.15, -0.1) is 11.3 Å². The summed E-state index contributed by atoms with van der Waals surface area (Å²) in [5.74, 6) is 0. The van der Waals surface area contributed by atoms with Crippen molar-refractivity contribution in [3.8, 4) is 0 Å². The van der Waals surface area contributed by atoms with E-state index in [4.69, 9.17) is 5.73 Å². The van der Waals surface area contributed by atoms with Crippen LogP contribution in [0.5, 0.6) is 0 Å². The van der Waals surface area contributed by atoms with Crippen LogP contribution in [0, 0.1) is 0 Å². The number of nitrogens with zero attached hydrogens (tertiary/aromatic N) is 1. The Kier molecular flexibility index (Phi) is 4.44. The molecule has 0 bridgehead atoms. The number of rotatable bonds is 2. The van der Waals surface area contributed by atoms with Gasteiger partial charge in [-0.25, -0.2) is 4.98 Å². The van der Waals surface area contributed by atoms with Crippen LogP contribution in [0.4, 0.5) is 31.5 Å². The summed E-state index contributed by atoms with van der Waals surface area (Å²) in [4.78, 5) is 4.91. The Hall–Kier alpha value is -1.81. The molecule has 3 N–H and O–H groups in total. The van der Waals surface area contributed by atoms with Crippen LogP contribution < -0.4 is 11.1 Å². The molecule has 136 valence electrons. The highest BCUT2D eigenvalue weighted by molar-refractivity contribution is 7.15. The van der Waals surface area contributed by atoms with Crippen LogP contribution in [-0.2, 0) is 25.2 Å². The molecule has 1 aromatic heterocycles. The van der Waals surface area contributed by atoms with Gasteiger partial charge in [0, 0.05) is 23.9 Å². The number of halogens is 6. The largest absolute Gasteiger partial charge is 0.416 e. The van der Waals surface area contributed by atoms with Gasteiger partial charge in [0.05, 0.1) is 16.8 Å². The Morgan fingerprint density at radius 1 is 1.08 bits per heavy atom. The monoisotopic (exact) mass is 381 g/mol. The number of benzene rings is 1. The summed E-state index contributed by atoms with van der Waals surface area (Å²) in [7, 11) is 0. The third-order valence-electron chi connectivity index (χ3n) is 3.90. The smallest absolute Gasteiger partial charge is 0.375 e. The zero-order chi connectivity index (χ0) is 18.4. The van der Waals surface area contributed by atoms with Crippen LogP contribution in [0.25, 0.3) is 0 Å². The molecule has 1 atom stereocenters. The van der Waals surface area contributed by atoms with Gasteiger partial charge in [-0.1, -0.05) is 0 Å². The molecule has 1 aliphatic heterocycles. The van der Waals surface area contributed by atoms with Gasteiger partial charge in [0.2, 0.25) is 0 Å². The van der Waals surface area contributed by atoms with Crippen LogP contribution in [0.2, 0.25) is 0 Å². The van der Waals surface area contributed by atoms with Crippen LogP contribution in [0.3, 0.4) is 0 Å². The third kappa shape index (κ3) is 3.90. The zero-order valence-corrected chi connectivity index (χ0v) is 13.4. The first-order valence-corrected chi connectivity index (χ1v) is 8.12. The Morgan fingerprint density at radius 2 is 1.68 bits per heavy atom. The molecule has 0 saturated carbocycles. The normalized spacial score (nSPS) is 18.2. The Bertz CT molecular complexity index is 748. The third-order valence-corrected chi connectivity index (χ3v) is 4.94. The summed E-state index contributed by atoms with van der Waals surface area (Å²) in [6, 6.07) is 1.24. The molecule has 0 amide bonds. The van der Waals surface area contributed by atoms with Gasteiger partial charge in [-0.2, -0.15) is 26.3 Å². The Morgan fingerprint density at radius 3 is 2.24 bits per heavy atom. The second-order valence-electron chi connectivity index (χ2n) is 5.74. The van der Waals surface area contributed by atoms with E-state index >= 15 is 0 Å². The van der Waals surface area contributed by atoms with Gasteiger partial charge >= 0.3 is 12.4 Å². The lowest BCUT2D eigenvalue weighted by molar-refractivity contribution is -0.143. The molecule has 0 radical (unpaired) electrons. The molecule has 1 unspecified atom stereocenters. The average Bonchev–Trinajstić information content (AvgIpc) is 2.86. The number of aromatic nitrogens is 1. The van der Waals surface area contributed by atoms with Crippen molar-refractivity contribution in [2.24, 2.45) is 0 Å². The molecule has 10 heteroatoms. The van der Waals surface area contributed by atoms with E-state index in [-0.39, 0.29) is 18.1 Å². The standard InChI is InChI=1S/C15H13F6N3S/c16-14(17,18)8-3-7(4-9(6-8)15(19,20)21)5-11-12-10(1-2-23-11)24-13(22)25-12/h3-4,6,11,23H,1-2,5H2,(H2,22,24). The molecule has 0 spiro atoms.